The van der Waals surface area contributed by atoms with Crippen LogP contribution in [0.15, 0.2) is 86.2 Å². The van der Waals surface area contributed by atoms with Crippen LogP contribution in [-0.2, 0) is 38.5 Å². The van der Waals surface area contributed by atoms with E-state index in [0.29, 0.717) is 5.56 Å². The molecule has 0 N–H and O–H groups in total. The molecule has 5 heteroatoms. The van der Waals surface area contributed by atoms with E-state index in [1.165, 1.54) is 6.07 Å². The largest absolute Gasteiger partial charge is 0.458 e. The first-order valence-electron chi connectivity index (χ1n) is 11.6. The van der Waals surface area contributed by atoms with Crippen LogP contribution in [0.5, 0.6) is 0 Å². The maximum atomic E-state index is 14.3. The second-order valence-electron chi connectivity index (χ2n) is 7.87. The average molecular weight is 493 g/mol. The molecule has 184 valence electrons. The molecule has 0 radical (unpaired) electrons. The van der Waals surface area contributed by atoms with Crippen molar-refractivity contribution in [2.45, 2.75) is 26.4 Å². The number of hydrogen-bond acceptors (Lipinski definition) is 4. The zero-order valence-electron chi connectivity index (χ0n) is 20.5. The van der Waals surface area contributed by atoms with Gasteiger partial charge in [0.25, 0.3) is 0 Å². The van der Waals surface area contributed by atoms with Gasteiger partial charge in [-0.2, -0.15) is 0 Å². The highest BCUT2D eigenvalue weighted by Gasteiger charge is 2.06. The molecule has 4 nitrogen and oxygen atoms in total. The summed E-state index contributed by atoms with van der Waals surface area (Å²) in [6.45, 7) is 8.55. The van der Waals surface area contributed by atoms with Crippen molar-refractivity contribution in [1.82, 2.24) is 0 Å². The Hall–Kier alpha value is -4.87. The number of aryl methyl sites for hydroxylation is 1. The molecule has 0 spiro atoms. The third kappa shape index (κ3) is 8.09. The van der Waals surface area contributed by atoms with Crippen LogP contribution in [0.4, 0.5) is 4.39 Å². The van der Waals surface area contributed by atoms with Crippen molar-refractivity contribution in [3.8, 4) is 23.7 Å². The molecule has 0 saturated carbocycles. The predicted molar refractivity (Wildman–Crippen MR) is 141 cm³/mol. The van der Waals surface area contributed by atoms with Crippen molar-refractivity contribution in [1.29, 1.82) is 0 Å². The van der Waals surface area contributed by atoms with Crippen molar-refractivity contribution in [3.63, 3.8) is 0 Å². The summed E-state index contributed by atoms with van der Waals surface area (Å²) in [7, 11) is 0. The van der Waals surface area contributed by atoms with Crippen LogP contribution < -0.4 is 0 Å². The minimum Gasteiger partial charge on any atom is -0.458 e. The fourth-order valence-electron chi connectivity index (χ4n) is 3.33. The van der Waals surface area contributed by atoms with Crippen molar-refractivity contribution in [2.75, 3.05) is 0 Å². The molecule has 0 aliphatic rings. The van der Waals surface area contributed by atoms with Gasteiger partial charge in [-0.15, -0.1) is 0 Å². The Balaban J connectivity index is 1.71. The van der Waals surface area contributed by atoms with E-state index in [9.17, 15) is 14.0 Å². The Bertz CT molecular complexity index is 1440. The Morgan fingerprint density at radius 3 is 2.19 bits per heavy atom. The highest BCUT2D eigenvalue weighted by Crippen LogP contribution is 2.14. The molecule has 0 bridgehead atoms. The monoisotopic (exact) mass is 492 g/mol. The van der Waals surface area contributed by atoms with Crippen LogP contribution in [0.3, 0.4) is 0 Å². The number of rotatable bonds is 7. The molecule has 3 rings (SSSR count). The second-order valence-corrected chi connectivity index (χ2v) is 7.87. The van der Waals surface area contributed by atoms with Crippen LogP contribution >= 0.6 is 0 Å². The maximum absolute atomic E-state index is 14.3. The molecular weight excluding hydrogens is 467 g/mol. The van der Waals surface area contributed by atoms with E-state index in [2.05, 4.69) is 36.8 Å². The van der Waals surface area contributed by atoms with Crippen LogP contribution in [0, 0.1) is 29.5 Å². The molecule has 0 aromatic heterocycles. The molecule has 0 fully saturated rings. The third-order valence-corrected chi connectivity index (χ3v) is 5.29. The van der Waals surface area contributed by atoms with Gasteiger partial charge in [0.05, 0.1) is 12.7 Å². The zero-order valence-corrected chi connectivity index (χ0v) is 20.5. The standard InChI is InChI=1S/C32H25FO4/c1-4-27-19-24(10-7-23-8-11-26(12-9-23)21-32(35)36-6-3)13-16-28(27)17-14-25-15-18-29(30(33)20-25)22-37-31(34)5-2/h5-6,8-9,11-13,15-16,18-20H,2-4,21-22H2,1H3. The first-order chi connectivity index (χ1) is 17.9. The second kappa shape index (κ2) is 13.3. The highest BCUT2D eigenvalue weighted by molar-refractivity contribution is 5.81. The van der Waals surface area contributed by atoms with E-state index in [0.717, 1.165) is 46.6 Å². The summed E-state index contributed by atoms with van der Waals surface area (Å²) >= 11 is 0. The lowest BCUT2D eigenvalue weighted by Crippen LogP contribution is -2.03. The lowest BCUT2D eigenvalue weighted by Gasteiger charge is -2.04. The third-order valence-electron chi connectivity index (χ3n) is 5.29. The van der Waals surface area contributed by atoms with Crippen molar-refractivity contribution >= 4 is 11.9 Å². The Morgan fingerprint density at radius 2 is 1.51 bits per heavy atom. The van der Waals surface area contributed by atoms with Gasteiger partial charge in [-0.25, -0.2) is 9.18 Å². The quantitative estimate of drug-likeness (QED) is 0.185. The number of hydrogen-bond donors (Lipinski definition) is 0. The minimum atomic E-state index is -0.607. The number of halogens is 1. The van der Waals surface area contributed by atoms with E-state index in [4.69, 9.17) is 9.47 Å². The fraction of sp³-hybridized carbons (Fsp3) is 0.125. The van der Waals surface area contributed by atoms with Gasteiger partial charge >= 0.3 is 11.9 Å². The molecule has 0 saturated heterocycles. The Kier molecular flexibility index (Phi) is 9.59. The molecule has 3 aromatic carbocycles. The normalized spacial score (nSPS) is 9.68. The first-order valence-corrected chi connectivity index (χ1v) is 11.6. The van der Waals surface area contributed by atoms with Gasteiger partial charge in [-0.3, -0.25) is 4.79 Å². The predicted octanol–water partition coefficient (Wildman–Crippen LogP) is 5.65. The zero-order chi connectivity index (χ0) is 26.6. The number of ether oxygens (including phenoxy) is 2. The van der Waals surface area contributed by atoms with Gasteiger partial charge < -0.3 is 9.47 Å². The maximum Gasteiger partial charge on any atom is 0.330 e. The fourth-order valence-corrected chi connectivity index (χ4v) is 3.33. The van der Waals surface area contributed by atoms with Crippen LogP contribution in [0.2, 0.25) is 0 Å². The topological polar surface area (TPSA) is 52.6 Å². The molecule has 37 heavy (non-hydrogen) atoms. The van der Waals surface area contributed by atoms with Crippen molar-refractivity contribution in [3.05, 3.63) is 131 Å². The van der Waals surface area contributed by atoms with Gasteiger partial charge in [-0.05, 0) is 60.0 Å². The molecule has 0 amide bonds. The Morgan fingerprint density at radius 1 is 0.865 bits per heavy atom. The lowest BCUT2D eigenvalue weighted by molar-refractivity contribution is -0.139. The van der Waals surface area contributed by atoms with Gasteiger partial charge in [-0.1, -0.05) is 62.0 Å². The van der Waals surface area contributed by atoms with Crippen LogP contribution in [0.1, 0.15) is 45.9 Å². The van der Waals surface area contributed by atoms with E-state index in [1.807, 2.05) is 49.4 Å². The van der Waals surface area contributed by atoms with E-state index in [1.54, 1.807) is 12.1 Å². The minimum absolute atomic E-state index is 0.165. The lowest BCUT2D eigenvalue weighted by atomic mass is 10.0. The average Bonchev–Trinajstić information content (AvgIpc) is 2.91. The highest BCUT2D eigenvalue weighted by atomic mass is 19.1. The summed E-state index contributed by atoms with van der Waals surface area (Å²) in [5, 5.41) is 0. The SMILES string of the molecule is C=COC(=O)Cc1ccc(C#Cc2ccc(C#Cc3ccc(COC(=O)C=C)c(F)c3)c(CC)c2)cc1. The summed E-state index contributed by atoms with van der Waals surface area (Å²) in [5.74, 6) is 10.9. The smallest absolute Gasteiger partial charge is 0.330 e. The molecule has 0 heterocycles. The molecule has 0 unspecified atom stereocenters. The first kappa shape index (κ1) is 26.7. The molecule has 0 aliphatic carbocycles. The number of benzene rings is 3. The van der Waals surface area contributed by atoms with Gasteiger partial charge in [0.2, 0.25) is 0 Å². The summed E-state index contributed by atoms with van der Waals surface area (Å²) in [4.78, 5) is 22.7. The van der Waals surface area contributed by atoms with E-state index in [-0.39, 0.29) is 24.6 Å². The molecule has 0 atom stereocenters. The van der Waals surface area contributed by atoms with Crippen molar-refractivity contribution < 1.29 is 23.5 Å². The summed E-state index contributed by atoms with van der Waals surface area (Å²) in [6.07, 6.45) is 3.08. The van der Waals surface area contributed by atoms with Gasteiger partial charge in [0.15, 0.2) is 0 Å². The number of carbonyl (C=O) groups excluding carboxylic acids is 2. The summed E-state index contributed by atoms with van der Waals surface area (Å²) < 4.78 is 24.0. The van der Waals surface area contributed by atoms with Gasteiger partial charge in [0, 0.05) is 33.9 Å². The summed E-state index contributed by atoms with van der Waals surface area (Å²) in [5.41, 5.74) is 5.17. The molecule has 0 aliphatic heterocycles. The van der Waals surface area contributed by atoms with E-state index < -0.39 is 11.8 Å². The van der Waals surface area contributed by atoms with Crippen LogP contribution in [-0.4, -0.2) is 11.9 Å². The Labute approximate surface area is 216 Å². The van der Waals surface area contributed by atoms with E-state index >= 15 is 0 Å². The molecular formula is C32H25FO4. The number of esters is 2. The van der Waals surface area contributed by atoms with Gasteiger partial charge in [0.1, 0.15) is 12.4 Å². The molecule has 3 aromatic rings. The number of carbonyl (C=O) groups is 2. The van der Waals surface area contributed by atoms with Crippen molar-refractivity contribution in [2.24, 2.45) is 0 Å². The summed E-state index contributed by atoms with van der Waals surface area (Å²) in [6, 6.07) is 17.8. The van der Waals surface area contributed by atoms with Crippen LogP contribution in [0.25, 0.3) is 0 Å².